The third kappa shape index (κ3) is 3.54. The average Bonchev–Trinajstić information content (AvgIpc) is 2.40. The van der Waals surface area contributed by atoms with E-state index in [-0.39, 0.29) is 12.0 Å². The van der Waals surface area contributed by atoms with Crippen LogP contribution in [0, 0.1) is 5.92 Å². The van der Waals surface area contributed by atoms with Crippen LogP contribution >= 0.6 is 0 Å². The molecule has 1 aliphatic rings. The van der Waals surface area contributed by atoms with Crippen molar-refractivity contribution in [3.8, 4) is 0 Å². The molecule has 1 nitrogen and oxygen atoms in total. The minimum atomic E-state index is -4.28. The van der Waals surface area contributed by atoms with Crippen molar-refractivity contribution in [1.29, 1.82) is 0 Å². The van der Waals surface area contributed by atoms with Crippen molar-refractivity contribution in [3.05, 3.63) is 35.4 Å². The van der Waals surface area contributed by atoms with Crippen molar-refractivity contribution in [1.82, 2.24) is 0 Å². The topological polar surface area (TPSA) is 26.0 Å². The second kappa shape index (κ2) is 6.17. The highest BCUT2D eigenvalue weighted by Crippen LogP contribution is 2.39. The summed E-state index contributed by atoms with van der Waals surface area (Å²) < 4.78 is 38.4. The average molecular weight is 285 g/mol. The monoisotopic (exact) mass is 285 g/mol. The highest BCUT2D eigenvalue weighted by atomic mass is 19.4. The van der Waals surface area contributed by atoms with Crippen LogP contribution in [-0.4, -0.2) is 6.04 Å². The number of halogens is 3. The smallest absolute Gasteiger partial charge is 0.327 e. The lowest BCUT2D eigenvalue weighted by Gasteiger charge is -2.34. The first-order chi connectivity index (χ1) is 9.41. The summed E-state index contributed by atoms with van der Waals surface area (Å²) in [6, 6.07) is 5.66. The zero-order valence-corrected chi connectivity index (χ0v) is 11.8. The molecular weight excluding hydrogens is 263 g/mol. The Labute approximate surface area is 118 Å². The molecule has 0 aromatic heterocycles. The van der Waals surface area contributed by atoms with E-state index >= 15 is 0 Å². The number of hydrogen-bond donors (Lipinski definition) is 1. The number of benzene rings is 1. The summed E-state index contributed by atoms with van der Waals surface area (Å²) in [6.07, 6.45) is 0.904. The van der Waals surface area contributed by atoms with Gasteiger partial charge in [-0.15, -0.1) is 0 Å². The summed E-state index contributed by atoms with van der Waals surface area (Å²) in [5.41, 5.74) is 6.32. The number of hydrogen-bond acceptors (Lipinski definition) is 1. The second-order valence-corrected chi connectivity index (χ2v) is 5.86. The molecule has 0 saturated heterocycles. The van der Waals surface area contributed by atoms with Gasteiger partial charge in [0.05, 0.1) is 5.56 Å². The van der Waals surface area contributed by atoms with Crippen LogP contribution in [0.5, 0.6) is 0 Å². The van der Waals surface area contributed by atoms with Gasteiger partial charge in [0.1, 0.15) is 0 Å². The Hall–Kier alpha value is -1.03. The molecule has 1 fully saturated rings. The predicted octanol–water partition coefficient (Wildman–Crippen LogP) is 4.72. The molecule has 2 N–H and O–H groups in total. The summed E-state index contributed by atoms with van der Waals surface area (Å²) in [5, 5.41) is 0. The Balaban J connectivity index is 2.20. The lowest BCUT2D eigenvalue weighted by atomic mass is 9.73. The molecule has 1 saturated carbocycles. The van der Waals surface area contributed by atoms with E-state index in [1.54, 1.807) is 6.07 Å². The van der Waals surface area contributed by atoms with E-state index < -0.39 is 11.7 Å². The van der Waals surface area contributed by atoms with Crippen LogP contribution in [-0.2, 0) is 6.18 Å². The number of alkyl halides is 3. The fourth-order valence-electron chi connectivity index (χ4n) is 3.28. The van der Waals surface area contributed by atoms with E-state index in [2.05, 4.69) is 6.92 Å². The number of nitrogens with two attached hydrogens (primary N) is 1. The van der Waals surface area contributed by atoms with Crippen LogP contribution in [0.3, 0.4) is 0 Å². The van der Waals surface area contributed by atoms with Crippen molar-refractivity contribution in [3.63, 3.8) is 0 Å². The Morgan fingerprint density at radius 3 is 2.65 bits per heavy atom. The Morgan fingerprint density at radius 1 is 1.25 bits per heavy atom. The zero-order valence-electron chi connectivity index (χ0n) is 11.8. The van der Waals surface area contributed by atoms with E-state index in [0.717, 1.165) is 43.7 Å². The van der Waals surface area contributed by atoms with Gasteiger partial charge in [0.25, 0.3) is 0 Å². The van der Waals surface area contributed by atoms with E-state index in [1.807, 2.05) is 0 Å². The molecule has 0 aliphatic heterocycles. The van der Waals surface area contributed by atoms with Crippen LogP contribution in [0.2, 0.25) is 0 Å². The largest absolute Gasteiger partial charge is 0.416 e. The summed E-state index contributed by atoms with van der Waals surface area (Å²) in [5.74, 6) is 0.655. The van der Waals surface area contributed by atoms with Crippen LogP contribution in [0.4, 0.5) is 13.2 Å². The van der Waals surface area contributed by atoms with Crippen molar-refractivity contribution in [2.75, 3.05) is 0 Å². The first-order valence-corrected chi connectivity index (χ1v) is 7.34. The maximum absolute atomic E-state index is 12.8. The Morgan fingerprint density at radius 2 is 2.00 bits per heavy atom. The molecule has 1 aromatic carbocycles. The van der Waals surface area contributed by atoms with Crippen molar-refractivity contribution in [2.45, 2.75) is 57.2 Å². The van der Waals surface area contributed by atoms with Gasteiger partial charge in [-0.05, 0) is 42.7 Å². The van der Waals surface area contributed by atoms with Gasteiger partial charge in [-0.25, -0.2) is 0 Å². The summed E-state index contributed by atoms with van der Waals surface area (Å²) in [4.78, 5) is 0. The standard InChI is InChI=1S/C16H22F3N/c1-2-4-11-7-8-15(20)14(9-11)12-5-3-6-13(10-12)16(17,18)19/h3,5-6,10-11,14-15H,2,4,7-9,20H2,1H3. The van der Waals surface area contributed by atoms with Crippen LogP contribution in [0.15, 0.2) is 24.3 Å². The third-order valence-corrected chi connectivity index (χ3v) is 4.35. The molecule has 1 aromatic rings. The van der Waals surface area contributed by atoms with Gasteiger partial charge >= 0.3 is 6.18 Å². The highest BCUT2D eigenvalue weighted by molar-refractivity contribution is 5.29. The van der Waals surface area contributed by atoms with Crippen molar-refractivity contribution in [2.24, 2.45) is 11.7 Å². The molecule has 0 bridgehead atoms. The molecule has 1 aliphatic carbocycles. The molecule has 2 rings (SSSR count). The zero-order chi connectivity index (χ0) is 14.8. The second-order valence-electron chi connectivity index (χ2n) is 5.86. The SMILES string of the molecule is CCCC1CCC(N)C(c2cccc(C(F)(F)F)c2)C1. The minimum absolute atomic E-state index is 0.0217. The summed E-state index contributed by atoms with van der Waals surface area (Å²) in [7, 11) is 0. The third-order valence-electron chi connectivity index (χ3n) is 4.35. The van der Waals surface area contributed by atoms with E-state index in [4.69, 9.17) is 5.73 Å². The normalized spacial score (nSPS) is 27.6. The lowest BCUT2D eigenvalue weighted by Crippen LogP contribution is -2.34. The molecule has 3 atom stereocenters. The van der Waals surface area contributed by atoms with Crippen LogP contribution < -0.4 is 5.73 Å². The van der Waals surface area contributed by atoms with Crippen LogP contribution in [0.1, 0.15) is 56.1 Å². The molecule has 20 heavy (non-hydrogen) atoms. The van der Waals surface area contributed by atoms with Gasteiger partial charge in [0.15, 0.2) is 0 Å². The maximum Gasteiger partial charge on any atom is 0.416 e. The quantitative estimate of drug-likeness (QED) is 0.854. The predicted molar refractivity (Wildman–Crippen MR) is 74.4 cm³/mol. The highest BCUT2D eigenvalue weighted by Gasteiger charge is 2.33. The summed E-state index contributed by atoms with van der Waals surface area (Å²) in [6.45, 7) is 2.15. The first-order valence-electron chi connectivity index (χ1n) is 7.34. The molecule has 4 heteroatoms. The van der Waals surface area contributed by atoms with Crippen molar-refractivity contribution < 1.29 is 13.2 Å². The lowest BCUT2D eigenvalue weighted by molar-refractivity contribution is -0.137. The minimum Gasteiger partial charge on any atom is -0.327 e. The fraction of sp³-hybridized carbons (Fsp3) is 0.625. The first kappa shape index (κ1) is 15.4. The van der Waals surface area contributed by atoms with E-state index in [1.165, 1.54) is 12.1 Å². The molecule has 0 heterocycles. The molecule has 3 unspecified atom stereocenters. The van der Waals surface area contributed by atoms with Crippen LogP contribution in [0.25, 0.3) is 0 Å². The van der Waals surface area contributed by atoms with Gasteiger partial charge in [-0.1, -0.05) is 38.0 Å². The van der Waals surface area contributed by atoms with Gasteiger partial charge in [0, 0.05) is 6.04 Å². The molecule has 0 spiro atoms. The van der Waals surface area contributed by atoms with Crippen molar-refractivity contribution >= 4 is 0 Å². The van der Waals surface area contributed by atoms with Gasteiger partial charge in [-0.2, -0.15) is 13.2 Å². The number of rotatable bonds is 3. The van der Waals surface area contributed by atoms with Gasteiger partial charge in [0.2, 0.25) is 0 Å². The molecule has 0 radical (unpaired) electrons. The Kier molecular flexibility index (Phi) is 4.74. The summed E-state index contributed by atoms with van der Waals surface area (Å²) >= 11 is 0. The van der Waals surface area contributed by atoms with Gasteiger partial charge in [-0.3, -0.25) is 0 Å². The Bertz CT molecular complexity index is 442. The molecule has 0 amide bonds. The van der Waals surface area contributed by atoms with Gasteiger partial charge < -0.3 is 5.73 Å². The maximum atomic E-state index is 12.8. The van der Waals surface area contributed by atoms with E-state index in [9.17, 15) is 13.2 Å². The molecule has 112 valence electrons. The van der Waals surface area contributed by atoms with E-state index in [0.29, 0.717) is 5.92 Å². The fourth-order valence-corrected chi connectivity index (χ4v) is 3.28. The molecular formula is C16H22F3N.